The molecule has 2 rings (SSSR count). The molecule has 5 nitrogen and oxygen atoms in total. The molecule has 0 spiro atoms. The molecule has 0 fully saturated rings. The quantitative estimate of drug-likeness (QED) is 0.879. The van der Waals surface area contributed by atoms with Gasteiger partial charge in [0.2, 0.25) is 4.73 Å². The fourth-order valence-corrected chi connectivity index (χ4v) is 2.16. The van der Waals surface area contributed by atoms with Crippen LogP contribution in [0.1, 0.15) is 26.3 Å². The molecule has 9 heteroatoms. The van der Waals surface area contributed by atoms with Crippen molar-refractivity contribution in [3.05, 3.63) is 28.4 Å². The summed E-state index contributed by atoms with van der Waals surface area (Å²) in [5.74, 6) is -2.62. The molecule has 0 saturated heterocycles. The number of nitrogens with zero attached hydrogens (tertiary/aromatic N) is 3. The van der Waals surface area contributed by atoms with Gasteiger partial charge >= 0.3 is 12.2 Å². The molecule has 116 valence electrons. The Morgan fingerprint density at radius 1 is 1.43 bits per heavy atom. The maximum atomic E-state index is 12.8. The van der Waals surface area contributed by atoms with Crippen LogP contribution >= 0.6 is 15.9 Å². The minimum absolute atomic E-state index is 0.0645. The van der Waals surface area contributed by atoms with Gasteiger partial charge < -0.3 is 9.84 Å². The van der Waals surface area contributed by atoms with Crippen LogP contribution in [0, 0.1) is 5.92 Å². The fraction of sp³-hybridized carbons (Fsp3) is 0.500. The van der Waals surface area contributed by atoms with Gasteiger partial charge in [0, 0.05) is 6.42 Å². The first kappa shape index (κ1) is 15.9. The summed E-state index contributed by atoms with van der Waals surface area (Å²) in [6, 6.07) is 0.0317. The summed E-state index contributed by atoms with van der Waals surface area (Å²) >= 11 is 3.09. The molecule has 0 aromatic carbocycles. The average Bonchev–Trinajstić information content (AvgIpc) is 2.71. The lowest BCUT2D eigenvalue weighted by Crippen LogP contribution is -2.28. The van der Waals surface area contributed by atoms with Crippen LogP contribution < -0.4 is 4.74 Å². The second-order valence-corrected chi connectivity index (χ2v) is 5.54. The van der Waals surface area contributed by atoms with E-state index in [1.807, 2.05) is 13.8 Å². The van der Waals surface area contributed by atoms with Gasteiger partial charge in [0.15, 0.2) is 0 Å². The van der Waals surface area contributed by atoms with Crippen molar-refractivity contribution in [2.24, 2.45) is 5.92 Å². The molecule has 0 radical (unpaired) electrons. The minimum atomic E-state index is -4.53. The third-order valence-corrected chi connectivity index (χ3v) is 3.22. The number of aromatic nitrogens is 3. The molecule has 1 unspecified atom stereocenters. The molecule has 0 amide bonds. The van der Waals surface area contributed by atoms with Crippen LogP contribution in [-0.4, -0.2) is 26.0 Å². The van der Waals surface area contributed by atoms with E-state index in [9.17, 15) is 18.3 Å². The van der Waals surface area contributed by atoms with E-state index in [1.54, 1.807) is 0 Å². The molecule has 0 saturated carbocycles. The highest BCUT2D eigenvalue weighted by Crippen LogP contribution is 2.38. The Hall–Kier alpha value is -1.51. The van der Waals surface area contributed by atoms with Crippen molar-refractivity contribution < 1.29 is 23.0 Å². The van der Waals surface area contributed by atoms with Gasteiger partial charge in [-0.3, -0.25) is 0 Å². The van der Waals surface area contributed by atoms with Crippen molar-refractivity contribution in [3.8, 4) is 6.01 Å². The minimum Gasteiger partial charge on any atom is -0.512 e. The molecule has 1 aromatic rings. The van der Waals surface area contributed by atoms with Gasteiger partial charge in [0.05, 0.1) is 6.04 Å². The lowest BCUT2D eigenvalue weighted by Gasteiger charge is -2.23. The molecule has 0 aliphatic heterocycles. The van der Waals surface area contributed by atoms with Crippen LogP contribution in [0.15, 0.2) is 28.4 Å². The number of aliphatic hydroxyl groups excluding tert-OH is 1. The summed E-state index contributed by atoms with van der Waals surface area (Å²) < 4.78 is 45.5. The smallest absolute Gasteiger partial charge is 0.399 e. The number of halogens is 4. The topological polar surface area (TPSA) is 60.2 Å². The van der Waals surface area contributed by atoms with E-state index in [0.717, 1.165) is 6.08 Å². The standard InChI is InChI=1S/C12H13BrF3N3O2/c1-6(2)19-11(17-10(13)18-19)21-7-3-4-9(20)8(5-7)12(14,15)16/h3-4,6,8,20H,5H2,1-2H3. The van der Waals surface area contributed by atoms with Crippen LogP contribution in [0.4, 0.5) is 13.2 Å². The number of rotatable bonds is 3. The van der Waals surface area contributed by atoms with Gasteiger partial charge in [0.1, 0.15) is 17.4 Å². The van der Waals surface area contributed by atoms with Crippen LogP contribution in [0.2, 0.25) is 0 Å². The van der Waals surface area contributed by atoms with Crippen molar-refractivity contribution in [1.29, 1.82) is 0 Å². The van der Waals surface area contributed by atoms with E-state index < -0.39 is 24.3 Å². The van der Waals surface area contributed by atoms with Gasteiger partial charge in [-0.25, -0.2) is 4.68 Å². The number of ether oxygens (including phenoxy) is 1. The maximum absolute atomic E-state index is 12.8. The van der Waals surface area contributed by atoms with Gasteiger partial charge in [-0.2, -0.15) is 18.2 Å². The predicted molar refractivity (Wildman–Crippen MR) is 71.7 cm³/mol. The van der Waals surface area contributed by atoms with E-state index in [-0.39, 0.29) is 22.5 Å². The summed E-state index contributed by atoms with van der Waals surface area (Å²) in [5, 5.41) is 13.4. The highest BCUT2D eigenvalue weighted by molar-refractivity contribution is 9.10. The molecule has 0 bridgehead atoms. The molecule has 1 atom stereocenters. The van der Waals surface area contributed by atoms with Crippen molar-refractivity contribution in [3.63, 3.8) is 0 Å². The molecular formula is C12H13BrF3N3O2. The Balaban J connectivity index is 2.21. The Morgan fingerprint density at radius 3 is 2.67 bits per heavy atom. The molecule has 1 heterocycles. The Kier molecular flexibility index (Phi) is 4.31. The highest BCUT2D eigenvalue weighted by Gasteiger charge is 2.44. The number of aliphatic hydroxyl groups is 1. The monoisotopic (exact) mass is 367 g/mol. The second kappa shape index (κ2) is 5.70. The fourth-order valence-electron chi connectivity index (χ4n) is 1.83. The zero-order valence-corrected chi connectivity index (χ0v) is 12.8. The molecule has 1 aliphatic carbocycles. The largest absolute Gasteiger partial charge is 0.512 e. The zero-order valence-electron chi connectivity index (χ0n) is 11.2. The van der Waals surface area contributed by atoms with Crippen molar-refractivity contribution in [2.45, 2.75) is 32.5 Å². The first-order chi connectivity index (χ1) is 9.68. The molecule has 1 aliphatic rings. The second-order valence-electron chi connectivity index (χ2n) is 4.83. The Labute approximate surface area is 127 Å². The third kappa shape index (κ3) is 3.58. The Morgan fingerprint density at radius 2 is 2.10 bits per heavy atom. The SMILES string of the molecule is CC(C)n1nc(Br)nc1OC1=CC=C(O)C(C(F)(F)F)C1. The van der Waals surface area contributed by atoms with E-state index in [4.69, 9.17) is 4.74 Å². The van der Waals surface area contributed by atoms with Crippen LogP contribution in [-0.2, 0) is 0 Å². The van der Waals surface area contributed by atoms with E-state index in [0.29, 0.717) is 0 Å². The van der Waals surface area contributed by atoms with E-state index in [1.165, 1.54) is 10.8 Å². The number of allylic oxidation sites excluding steroid dienone is 4. The summed E-state index contributed by atoms with van der Waals surface area (Å²) in [5.41, 5.74) is 0. The van der Waals surface area contributed by atoms with Crippen molar-refractivity contribution >= 4 is 15.9 Å². The van der Waals surface area contributed by atoms with Gasteiger partial charge in [-0.15, -0.1) is 5.10 Å². The summed E-state index contributed by atoms with van der Waals surface area (Å²) in [6.07, 6.45) is -2.73. The molecule has 1 aromatic heterocycles. The predicted octanol–water partition coefficient (Wildman–Crippen LogP) is 3.91. The van der Waals surface area contributed by atoms with Crippen molar-refractivity contribution in [2.75, 3.05) is 0 Å². The first-order valence-corrected chi connectivity index (χ1v) is 6.94. The van der Waals surface area contributed by atoms with E-state index >= 15 is 0 Å². The highest BCUT2D eigenvalue weighted by atomic mass is 79.9. The maximum Gasteiger partial charge on any atom is 0.399 e. The van der Waals surface area contributed by atoms with Crippen LogP contribution in [0.3, 0.4) is 0 Å². The van der Waals surface area contributed by atoms with Gasteiger partial charge in [-0.05, 0) is 41.9 Å². The molecule has 21 heavy (non-hydrogen) atoms. The lowest BCUT2D eigenvalue weighted by molar-refractivity contribution is -0.172. The zero-order chi connectivity index (χ0) is 15.8. The van der Waals surface area contributed by atoms with Crippen LogP contribution in [0.25, 0.3) is 0 Å². The van der Waals surface area contributed by atoms with Gasteiger partial charge in [0.25, 0.3) is 0 Å². The van der Waals surface area contributed by atoms with Gasteiger partial charge in [-0.1, -0.05) is 0 Å². The lowest BCUT2D eigenvalue weighted by atomic mass is 9.97. The number of alkyl halides is 3. The third-order valence-electron chi connectivity index (χ3n) is 2.88. The summed E-state index contributed by atoms with van der Waals surface area (Å²) in [4.78, 5) is 3.97. The average molecular weight is 368 g/mol. The molecule has 1 N–H and O–H groups in total. The van der Waals surface area contributed by atoms with E-state index in [2.05, 4.69) is 26.0 Å². The number of hydrogen-bond donors (Lipinski definition) is 1. The van der Waals surface area contributed by atoms with Crippen LogP contribution in [0.5, 0.6) is 6.01 Å². The number of hydrogen-bond acceptors (Lipinski definition) is 4. The van der Waals surface area contributed by atoms with Crippen molar-refractivity contribution in [1.82, 2.24) is 14.8 Å². The normalized spacial score (nSPS) is 19.5. The Bertz CT molecular complexity index is 593. The molecular weight excluding hydrogens is 355 g/mol. The summed E-state index contributed by atoms with van der Waals surface area (Å²) in [7, 11) is 0. The summed E-state index contributed by atoms with van der Waals surface area (Å²) in [6.45, 7) is 3.68. The first-order valence-electron chi connectivity index (χ1n) is 6.14.